The number of pyridine rings is 1. The molecular formula is C41H28N4O. The Labute approximate surface area is 264 Å². The van der Waals surface area contributed by atoms with Gasteiger partial charge in [-0.25, -0.2) is 0 Å². The van der Waals surface area contributed by atoms with Gasteiger partial charge in [0.1, 0.15) is 5.58 Å². The first kappa shape index (κ1) is 24.5. The smallest absolute Gasteiger partial charge is 0.160 e. The summed E-state index contributed by atoms with van der Waals surface area (Å²) >= 11 is 0. The number of benzene rings is 4. The number of hydrogen-bond acceptors (Lipinski definition) is 3. The van der Waals surface area contributed by atoms with Crippen LogP contribution in [0.1, 0.15) is 29.3 Å². The second-order valence-corrected chi connectivity index (χ2v) is 12.7. The fraction of sp³-hybridized carbons (Fsp3) is 0.0976. The molecule has 1 aliphatic heterocycles. The quantitative estimate of drug-likeness (QED) is 0.222. The molecule has 0 saturated heterocycles. The van der Waals surface area contributed by atoms with Crippen molar-refractivity contribution in [3.63, 3.8) is 0 Å². The molecule has 11 rings (SSSR count). The summed E-state index contributed by atoms with van der Waals surface area (Å²) in [7, 11) is 0. The molecule has 5 nitrogen and oxygen atoms in total. The third kappa shape index (κ3) is 3.16. The number of nitrogens with zero attached hydrogens (tertiary/aromatic N) is 3. The highest BCUT2D eigenvalue weighted by Gasteiger charge is 2.44. The summed E-state index contributed by atoms with van der Waals surface area (Å²) in [5, 5.41) is 9.45. The monoisotopic (exact) mass is 592 g/mol. The third-order valence-electron chi connectivity index (χ3n) is 10.2. The van der Waals surface area contributed by atoms with Gasteiger partial charge in [0.25, 0.3) is 0 Å². The Kier molecular flexibility index (Phi) is 4.73. The molecule has 2 aliphatic carbocycles. The van der Waals surface area contributed by atoms with Crippen molar-refractivity contribution in [1.29, 1.82) is 0 Å². The van der Waals surface area contributed by atoms with Gasteiger partial charge in [-0.2, -0.15) is 0 Å². The highest BCUT2D eigenvalue weighted by Crippen LogP contribution is 2.58. The van der Waals surface area contributed by atoms with E-state index >= 15 is 0 Å². The van der Waals surface area contributed by atoms with Gasteiger partial charge in [0.05, 0.1) is 39.8 Å². The van der Waals surface area contributed by atoms with Crippen molar-refractivity contribution in [3.8, 4) is 11.4 Å². The second-order valence-electron chi connectivity index (χ2n) is 12.7. The summed E-state index contributed by atoms with van der Waals surface area (Å²) in [5.41, 5.74) is 12.3. The van der Waals surface area contributed by atoms with E-state index in [-0.39, 0.29) is 0 Å². The largest absolute Gasteiger partial charge is 0.454 e. The van der Waals surface area contributed by atoms with Crippen molar-refractivity contribution < 1.29 is 4.42 Å². The summed E-state index contributed by atoms with van der Waals surface area (Å²) in [4.78, 5) is 4.99. The van der Waals surface area contributed by atoms with Gasteiger partial charge in [-0.05, 0) is 54.8 Å². The standard InChI is InChI=1S/C41H28N4O/c1-2-10-25(11-3-1)45-38-29(19-17-24-22-30(24)38)37-39-35(36-28-13-5-7-16-34(28)46-41(36)40(37)45)27-12-4-6-15-33(27)44(39)26-18-20-32(43-23-26)31-14-8-9-21-42-31/h1-20,23-24,30,42H,21-22H2. The Balaban J connectivity index is 1.37. The molecule has 0 bridgehead atoms. The molecular weight excluding hydrogens is 564 g/mol. The van der Waals surface area contributed by atoms with E-state index in [1.165, 1.54) is 50.4 Å². The fourth-order valence-electron chi connectivity index (χ4n) is 8.18. The lowest BCUT2D eigenvalue weighted by molar-refractivity contribution is 0.670. The summed E-state index contributed by atoms with van der Waals surface area (Å²) in [6.07, 6.45) is 14.3. The second kappa shape index (κ2) is 8.89. The van der Waals surface area contributed by atoms with Crippen LogP contribution in [0.3, 0.4) is 0 Å². The van der Waals surface area contributed by atoms with Gasteiger partial charge in [-0.3, -0.25) is 4.98 Å². The van der Waals surface area contributed by atoms with E-state index in [0.29, 0.717) is 11.8 Å². The van der Waals surface area contributed by atoms with E-state index in [2.05, 4.69) is 136 Å². The van der Waals surface area contributed by atoms with Gasteiger partial charge in [0.2, 0.25) is 0 Å². The number of fused-ring (bicyclic) bond motifs is 14. The minimum atomic E-state index is 0.506. The number of furan rings is 1. The van der Waals surface area contributed by atoms with Crippen LogP contribution in [0.2, 0.25) is 0 Å². The van der Waals surface area contributed by atoms with Crippen LogP contribution >= 0.6 is 0 Å². The molecule has 1 fully saturated rings. The molecule has 2 atom stereocenters. The maximum Gasteiger partial charge on any atom is 0.160 e. The van der Waals surface area contributed by atoms with E-state index in [1.807, 2.05) is 6.20 Å². The van der Waals surface area contributed by atoms with E-state index in [9.17, 15) is 0 Å². The summed E-state index contributed by atoms with van der Waals surface area (Å²) in [5.74, 6) is 1.10. The molecule has 0 spiro atoms. The highest BCUT2D eigenvalue weighted by molar-refractivity contribution is 6.36. The van der Waals surface area contributed by atoms with Gasteiger partial charge in [-0.1, -0.05) is 78.9 Å². The van der Waals surface area contributed by atoms with Crippen LogP contribution in [0.25, 0.3) is 77.8 Å². The molecule has 4 aromatic carbocycles. The highest BCUT2D eigenvalue weighted by atomic mass is 16.3. The zero-order chi connectivity index (χ0) is 29.9. The first-order valence-corrected chi connectivity index (χ1v) is 16.1. The predicted octanol–water partition coefficient (Wildman–Crippen LogP) is 9.65. The lowest BCUT2D eigenvalue weighted by atomic mass is 9.98. The number of hydrogen-bond donors (Lipinski definition) is 1. The summed E-state index contributed by atoms with van der Waals surface area (Å²) < 4.78 is 11.9. The molecule has 3 aliphatic rings. The van der Waals surface area contributed by atoms with E-state index in [1.54, 1.807) is 0 Å². The van der Waals surface area contributed by atoms with Crippen molar-refractivity contribution in [2.45, 2.75) is 12.3 Å². The van der Waals surface area contributed by atoms with Crippen molar-refractivity contribution in [3.05, 3.63) is 138 Å². The Morgan fingerprint density at radius 2 is 1.61 bits per heavy atom. The molecule has 218 valence electrons. The molecule has 1 N–H and O–H groups in total. The number of rotatable bonds is 3. The summed E-state index contributed by atoms with van der Waals surface area (Å²) in [6.45, 7) is 0.813. The Hall–Kier alpha value is -5.81. The predicted molar refractivity (Wildman–Crippen MR) is 188 cm³/mol. The van der Waals surface area contributed by atoms with E-state index in [0.717, 1.165) is 51.2 Å². The zero-order valence-corrected chi connectivity index (χ0v) is 24.9. The van der Waals surface area contributed by atoms with Crippen LogP contribution in [0.4, 0.5) is 0 Å². The fourth-order valence-corrected chi connectivity index (χ4v) is 8.18. The molecule has 1 saturated carbocycles. The number of nitrogens with one attached hydrogen (secondary N) is 1. The van der Waals surface area contributed by atoms with Gasteiger partial charge < -0.3 is 18.9 Å². The number of dihydropyridines is 1. The molecule has 2 unspecified atom stereocenters. The first-order chi connectivity index (χ1) is 22.8. The van der Waals surface area contributed by atoms with Crippen molar-refractivity contribution in [2.75, 3.05) is 6.54 Å². The van der Waals surface area contributed by atoms with E-state index in [4.69, 9.17) is 9.40 Å². The Morgan fingerprint density at radius 1 is 0.761 bits per heavy atom. The average molecular weight is 593 g/mol. The Bertz CT molecular complexity index is 2660. The SMILES string of the molecule is C1=CCNC(c2ccc(-n3c4ccccc4c4c5c6ccccc6oc5c5c(c6c(n5-c5ccccc5)C5CC5C=C6)c43)cn2)=C1. The zero-order valence-electron chi connectivity index (χ0n) is 24.9. The molecule has 5 heterocycles. The van der Waals surface area contributed by atoms with Crippen LogP contribution in [0.5, 0.6) is 0 Å². The number of aromatic nitrogens is 3. The molecule has 5 heteroatoms. The molecule has 4 aromatic heterocycles. The van der Waals surface area contributed by atoms with Crippen LogP contribution in [-0.2, 0) is 0 Å². The maximum absolute atomic E-state index is 6.92. The van der Waals surface area contributed by atoms with Crippen LogP contribution < -0.4 is 5.32 Å². The van der Waals surface area contributed by atoms with Crippen molar-refractivity contribution >= 4 is 66.4 Å². The van der Waals surface area contributed by atoms with Crippen molar-refractivity contribution in [1.82, 2.24) is 19.4 Å². The molecule has 0 amide bonds. The van der Waals surface area contributed by atoms with Crippen LogP contribution in [0, 0.1) is 5.92 Å². The lowest BCUT2D eigenvalue weighted by Crippen LogP contribution is -2.15. The van der Waals surface area contributed by atoms with Gasteiger partial charge in [0.15, 0.2) is 5.58 Å². The van der Waals surface area contributed by atoms with Crippen LogP contribution in [0.15, 0.2) is 126 Å². The van der Waals surface area contributed by atoms with Crippen molar-refractivity contribution in [2.24, 2.45) is 5.92 Å². The molecule has 0 radical (unpaired) electrons. The normalized spacial score (nSPS) is 18.4. The van der Waals surface area contributed by atoms with Gasteiger partial charge in [-0.15, -0.1) is 0 Å². The third-order valence-corrected chi connectivity index (χ3v) is 10.2. The Morgan fingerprint density at radius 3 is 2.46 bits per heavy atom. The minimum absolute atomic E-state index is 0.506. The minimum Gasteiger partial charge on any atom is -0.454 e. The number of allylic oxidation sites excluding steroid dienone is 3. The van der Waals surface area contributed by atoms with E-state index < -0.39 is 0 Å². The van der Waals surface area contributed by atoms with Gasteiger partial charge in [0, 0.05) is 56.3 Å². The van der Waals surface area contributed by atoms with Gasteiger partial charge >= 0.3 is 0 Å². The number of para-hydroxylation sites is 3. The molecule has 46 heavy (non-hydrogen) atoms. The first-order valence-electron chi connectivity index (χ1n) is 16.1. The maximum atomic E-state index is 6.92. The van der Waals surface area contributed by atoms with Crippen LogP contribution in [-0.4, -0.2) is 20.7 Å². The molecule has 8 aromatic rings. The summed E-state index contributed by atoms with van der Waals surface area (Å²) in [6, 6.07) is 32.5. The average Bonchev–Trinajstić information content (AvgIpc) is 3.53. The lowest BCUT2D eigenvalue weighted by Gasteiger charge is -2.13. The topological polar surface area (TPSA) is 47.9 Å².